The summed E-state index contributed by atoms with van der Waals surface area (Å²) in [5, 5.41) is 7.49. The standard InChI is InChI=1S/C15H22N4O/c1-15(2,3)16-8-12-6-5-7-13(18-12)11-20-14-9-17-19(4)10-14/h5-7,9-10,16H,8,11H2,1-4H3. The molecule has 0 aliphatic rings. The minimum absolute atomic E-state index is 0.0872. The summed E-state index contributed by atoms with van der Waals surface area (Å²) >= 11 is 0. The molecule has 5 nitrogen and oxygen atoms in total. The van der Waals surface area contributed by atoms with Crippen molar-refractivity contribution in [2.45, 2.75) is 39.5 Å². The van der Waals surface area contributed by atoms with E-state index in [9.17, 15) is 0 Å². The Kier molecular flexibility index (Phi) is 4.39. The van der Waals surface area contributed by atoms with E-state index >= 15 is 0 Å². The summed E-state index contributed by atoms with van der Waals surface area (Å²) < 4.78 is 7.36. The maximum atomic E-state index is 5.65. The van der Waals surface area contributed by atoms with Gasteiger partial charge >= 0.3 is 0 Å². The Bertz CT molecular complexity index is 557. The highest BCUT2D eigenvalue weighted by atomic mass is 16.5. The monoisotopic (exact) mass is 274 g/mol. The van der Waals surface area contributed by atoms with Crippen LogP contribution in [0, 0.1) is 0 Å². The predicted octanol–water partition coefficient (Wildman–Crippen LogP) is 2.28. The van der Waals surface area contributed by atoms with E-state index in [2.05, 4.69) is 36.2 Å². The highest BCUT2D eigenvalue weighted by Crippen LogP contribution is 2.10. The highest BCUT2D eigenvalue weighted by molar-refractivity contribution is 5.14. The first-order chi connectivity index (χ1) is 9.42. The summed E-state index contributed by atoms with van der Waals surface area (Å²) in [7, 11) is 1.86. The molecule has 0 aromatic carbocycles. The number of ether oxygens (including phenoxy) is 1. The normalized spacial score (nSPS) is 11.6. The Morgan fingerprint density at radius 2 is 2.00 bits per heavy atom. The van der Waals surface area contributed by atoms with Gasteiger partial charge in [0.25, 0.3) is 0 Å². The molecule has 5 heteroatoms. The maximum absolute atomic E-state index is 5.65. The average molecular weight is 274 g/mol. The zero-order valence-corrected chi connectivity index (χ0v) is 12.6. The Balaban J connectivity index is 1.92. The zero-order valence-electron chi connectivity index (χ0n) is 12.6. The summed E-state index contributed by atoms with van der Waals surface area (Å²) in [4.78, 5) is 4.58. The predicted molar refractivity (Wildman–Crippen MR) is 78.4 cm³/mol. The third-order valence-electron chi connectivity index (χ3n) is 2.73. The van der Waals surface area contributed by atoms with E-state index < -0.39 is 0 Å². The van der Waals surface area contributed by atoms with Gasteiger partial charge in [-0.3, -0.25) is 9.67 Å². The number of nitrogens with zero attached hydrogens (tertiary/aromatic N) is 3. The van der Waals surface area contributed by atoms with Crippen molar-refractivity contribution in [2.75, 3.05) is 0 Å². The largest absolute Gasteiger partial charge is 0.484 e. The SMILES string of the molecule is Cn1cc(OCc2cccc(CNC(C)(C)C)n2)cn1. The second kappa shape index (κ2) is 6.05. The van der Waals surface area contributed by atoms with Gasteiger partial charge < -0.3 is 10.1 Å². The van der Waals surface area contributed by atoms with Crippen molar-refractivity contribution in [3.05, 3.63) is 42.0 Å². The zero-order chi connectivity index (χ0) is 14.6. The molecule has 0 bridgehead atoms. The van der Waals surface area contributed by atoms with Gasteiger partial charge in [-0.25, -0.2) is 0 Å². The van der Waals surface area contributed by atoms with E-state index in [0.29, 0.717) is 6.61 Å². The third kappa shape index (κ3) is 4.66. The van der Waals surface area contributed by atoms with Crippen molar-refractivity contribution >= 4 is 0 Å². The third-order valence-corrected chi connectivity index (χ3v) is 2.73. The molecule has 1 N–H and O–H groups in total. The molecule has 0 fully saturated rings. The van der Waals surface area contributed by atoms with Gasteiger partial charge in [0.05, 0.1) is 23.8 Å². The van der Waals surface area contributed by atoms with Crippen LogP contribution in [0.3, 0.4) is 0 Å². The lowest BCUT2D eigenvalue weighted by atomic mass is 10.1. The van der Waals surface area contributed by atoms with Crippen LogP contribution in [0.5, 0.6) is 5.75 Å². The molecule has 2 aromatic rings. The topological polar surface area (TPSA) is 52.0 Å². The molecule has 0 aliphatic carbocycles. The van der Waals surface area contributed by atoms with Gasteiger partial charge in [0.15, 0.2) is 5.75 Å². The van der Waals surface area contributed by atoms with Crippen LogP contribution in [-0.2, 0) is 20.2 Å². The molecule has 0 aliphatic heterocycles. The van der Waals surface area contributed by atoms with E-state index in [-0.39, 0.29) is 5.54 Å². The Morgan fingerprint density at radius 1 is 1.25 bits per heavy atom. The lowest BCUT2D eigenvalue weighted by molar-refractivity contribution is 0.300. The molecule has 0 saturated carbocycles. The van der Waals surface area contributed by atoms with Crippen LogP contribution in [0.2, 0.25) is 0 Å². The van der Waals surface area contributed by atoms with Crippen LogP contribution >= 0.6 is 0 Å². The number of aryl methyl sites for hydroxylation is 1. The lowest BCUT2D eigenvalue weighted by Crippen LogP contribution is -2.35. The molecule has 0 radical (unpaired) electrons. The molecule has 0 atom stereocenters. The summed E-state index contributed by atoms with van der Waals surface area (Å²) in [6.07, 6.45) is 3.54. The number of hydrogen-bond donors (Lipinski definition) is 1. The summed E-state index contributed by atoms with van der Waals surface area (Å²) in [5.41, 5.74) is 2.03. The Labute approximate surface area is 120 Å². The molecule has 2 aromatic heterocycles. The van der Waals surface area contributed by atoms with Gasteiger partial charge in [-0.05, 0) is 32.9 Å². The van der Waals surface area contributed by atoms with Gasteiger partial charge in [0.2, 0.25) is 0 Å². The Morgan fingerprint density at radius 3 is 2.65 bits per heavy atom. The van der Waals surface area contributed by atoms with Crippen molar-refractivity contribution in [1.29, 1.82) is 0 Å². The fourth-order valence-electron chi connectivity index (χ4n) is 1.69. The van der Waals surface area contributed by atoms with Crippen molar-refractivity contribution in [3.8, 4) is 5.75 Å². The number of pyridine rings is 1. The summed E-state index contributed by atoms with van der Waals surface area (Å²) in [6.45, 7) is 7.63. The minimum Gasteiger partial charge on any atom is -0.484 e. The second-order valence-corrected chi connectivity index (χ2v) is 5.86. The molecule has 2 rings (SSSR count). The van der Waals surface area contributed by atoms with Crippen LogP contribution in [0.15, 0.2) is 30.6 Å². The molecule has 108 valence electrons. The minimum atomic E-state index is 0.0872. The first-order valence-corrected chi connectivity index (χ1v) is 6.74. The van der Waals surface area contributed by atoms with Crippen molar-refractivity contribution < 1.29 is 4.74 Å². The van der Waals surface area contributed by atoms with Crippen molar-refractivity contribution in [1.82, 2.24) is 20.1 Å². The number of rotatable bonds is 5. The van der Waals surface area contributed by atoms with E-state index in [0.717, 1.165) is 23.7 Å². The van der Waals surface area contributed by atoms with Crippen LogP contribution in [0.1, 0.15) is 32.2 Å². The van der Waals surface area contributed by atoms with Crippen LogP contribution in [-0.4, -0.2) is 20.3 Å². The maximum Gasteiger partial charge on any atom is 0.157 e. The Hall–Kier alpha value is -1.88. The van der Waals surface area contributed by atoms with E-state index in [4.69, 9.17) is 4.74 Å². The quantitative estimate of drug-likeness (QED) is 0.909. The molecule has 0 amide bonds. The molecular formula is C15H22N4O. The van der Waals surface area contributed by atoms with Crippen LogP contribution in [0.25, 0.3) is 0 Å². The highest BCUT2D eigenvalue weighted by Gasteiger charge is 2.09. The van der Waals surface area contributed by atoms with Crippen molar-refractivity contribution in [2.24, 2.45) is 7.05 Å². The first kappa shape index (κ1) is 14.5. The molecule has 0 saturated heterocycles. The van der Waals surface area contributed by atoms with Crippen LogP contribution in [0.4, 0.5) is 0 Å². The molecule has 2 heterocycles. The number of hydrogen-bond acceptors (Lipinski definition) is 4. The molecular weight excluding hydrogens is 252 g/mol. The fraction of sp³-hybridized carbons (Fsp3) is 0.467. The number of aromatic nitrogens is 3. The van der Waals surface area contributed by atoms with Gasteiger partial charge in [-0.1, -0.05) is 6.07 Å². The molecule has 0 unspecified atom stereocenters. The summed E-state index contributed by atoms with van der Waals surface area (Å²) in [6, 6.07) is 6.00. The van der Waals surface area contributed by atoms with Gasteiger partial charge in [0.1, 0.15) is 6.61 Å². The molecule has 20 heavy (non-hydrogen) atoms. The van der Waals surface area contributed by atoms with E-state index in [1.54, 1.807) is 10.9 Å². The van der Waals surface area contributed by atoms with Gasteiger partial charge in [-0.2, -0.15) is 5.10 Å². The second-order valence-electron chi connectivity index (χ2n) is 5.86. The average Bonchev–Trinajstić information content (AvgIpc) is 2.80. The van der Waals surface area contributed by atoms with Gasteiger partial charge in [0, 0.05) is 19.1 Å². The van der Waals surface area contributed by atoms with E-state index in [1.165, 1.54) is 0 Å². The van der Waals surface area contributed by atoms with E-state index in [1.807, 2.05) is 31.4 Å². The number of nitrogens with one attached hydrogen (secondary N) is 1. The fourth-order valence-corrected chi connectivity index (χ4v) is 1.69. The van der Waals surface area contributed by atoms with Crippen molar-refractivity contribution in [3.63, 3.8) is 0 Å². The van der Waals surface area contributed by atoms with Gasteiger partial charge in [-0.15, -0.1) is 0 Å². The lowest BCUT2D eigenvalue weighted by Gasteiger charge is -2.20. The summed E-state index contributed by atoms with van der Waals surface area (Å²) in [5.74, 6) is 0.757. The van der Waals surface area contributed by atoms with Crippen LogP contribution < -0.4 is 10.1 Å². The first-order valence-electron chi connectivity index (χ1n) is 6.74. The smallest absolute Gasteiger partial charge is 0.157 e. The molecule has 0 spiro atoms.